The summed E-state index contributed by atoms with van der Waals surface area (Å²) in [6.07, 6.45) is 0.450. The maximum absolute atomic E-state index is 12.3. The van der Waals surface area contributed by atoms with Gasteiger partial charge in [-0.05, 0) is 42.3 Å². The van der Waals surface area contributed by atoms with Crippen LogP contribution in [0.4, 0.5) is 5.69 Å². The third-order valence-corrected chi connectivity index (χ3v) is 4.51. The minimum Gasteiger partial charge on any atom is -0.493 e. The summed E-state index contributed by atoms with van der Waals surface area (Å²) in [6.45, 7) is -0.198. The van der Waals surface area contributed by atoms with Crippen LogP contribution in [0, 0.1) is 5.92 Å². The van der Waals surface area contributed by atoms with Crippen molar-refractivity contribution in [3.8, 4) is 17.2 Å². The molecule has 2 aromatic carbocycles. The number of hydrogen-bond acceptors (Lipinski definition) is 6. The van der Waals surface area contributed by atoms with Gasteiger partial charge >= 0.3 is 5.97 Å². The van der Waals surface area contributed by atoms with Crippen molar-refractivity contribution in [2.75, 3.05) is 32.8 Å². The van der Waals surface area contributed by atoms with E-state index in [4.69, 9.17) is 30.5 Å². The van der Waals surface area contributed by atoms with Gasteiger partial charge in [-0.2, -0.15) is 0 Å². The van der Waals surface area contributed by atoms with Gasteiger partial charge in [0.1, 0.15) is 12.4 Å². The van der Waals surface area contributed by atoms with Gasteiger partial charge in [-0.25, -0.2) is 0 Å². The van der Waals surface area contributed by atoms with E-state index in [0.717, 1.165) is 5.56 Å². The molecule has 0 radical (unpaired) electrons. The zero-order chi connectivity index (χ0) is 20.1. The van der Waals surface area contributed by atoms with Crippen LogP contribution in [0.5, 0.6) is 17.2 Å². The third kappa shape index (κ3) is 4.67. The zero-order valence-electron chi connectivity index (χ0n) is 15.5. The molecule has 0 aromatic heterocycles. The first-order chi connectivity index (χ1) is 13.5. The molecule has 0 unspecified atom stereocenters. The number of benzene rings is 2. The van der Waals surface area contributed by atoms with Gasteiger partial charge in [-0.1, -0.05) is 11.6 Å². The third-order valence-electron chi connectivity index (χ3n) is 4.28. The minimum atomic E-state index is -0.493. The van der Waals surface area contributed by atoms with Crippen LogP contribution in [0.2, 0.25) is 5.02 Å². The van der Waals surface area contributed by atoms with Gasteiger partial charge in [0.25, 0.3) is 5.91 Å². The van der Waals surface area contributed by atoms with E-state index in [2.05, 4.69) is 5.32 Å². The first-order valence-electron chi connectivity index (χ1n) is 8.60. The van der Waals surface area contributed by atoms with Crippen molar-refractivity contribution in [3.63, 3.8) is 0 Å². The molecule has 0 saturated carbocycles. The number of ether oxygens (including phenoxy) is 4. The standard InChI is InChI=1S/C20H20ClNO6/c1-25-17-6-4-15(9-18(17)26-2)22-19(23)11-28-20(24)13-7-12-8-14(21)3-5-16(12)27-10-13/h3-6,8-9,13H,7,10-11H2,1-2H3,(H,22,23)/t13-/m1/s1. The highest BCUT2D eigenvalue weighted by Gasteiger charge is 2.28. The van der Waals surface area contributed by atoms with Gasteiger partial charge in [-0.3, -0.25) is 9.59 Å². The van der Waals surface area contributed by atoms with Gasteiger partial charge in [-0.15, -0.1) is 0 Å². The highest BCUT2D eigenvalue weighted by molar-refractivity contribution is 6.30. The molecule has 0 aliphatic carbocycles. The fraction of sp³-hybridized carbons (Fsp3) is 0.300. The number of fused-ring (bicyclic) bond motifs is 1. The van der Waals surface area contributed by atoms with Crippen molar-refractivity contribution in [2.45, 2.75) is 6.42 Å². The maximum atomic E-state index is 12.3. The molecule has 1 amide bonds. The van der Waals surface area contributed by atoms with Gasteiger partial charge < -0.3 is 24.3 Å². The lowest BCUT2D eigenvalue weighted by molar-refractivity contribution is -0.152. The molecule has 1 aliphatic heterocycles. The van der Waals surface area contributed by atoms with Crippen LogP contribution < -0.4 is 19.5 Å². The van der Waals surface area contributed by atoms with E-state index in [1.54, 1.807) is 36.4 Å². The number of esters is 1. The lowest BCUT2D eigenvalue weighted by atomic mass is 9.97. The molecule has 28 heavy (non-hydrogen) atoms. The lowest BCUT2D eigenvalue weighted by Gasteiger charge is -2.24. The predicted molar refractivity (Wildman–Crippen MR) is 103 cm³/mol. The molecule has 8 heteroatoms. The highest BCUT2D eigenvalue weighted by Crippen LogP contribution is 2.31. The first-order valence-corrected chi connectivity index (χ1v) is 8.97. The van der Waals surface area contributed by atoms with Crippen molar-refractivity contribution in [2.24, 2.45) is 5.92 Å². The minimum absolute atomic E-state index is 0.199. The number of halogens is 1. The number of rotatable bonds is 6. The molecular formula is C20H20ClNO6. The Bertz CT molecular complexity index is 885. The molecule has 3 rings (SSSR count). The molecule has 0 bridgehead atoms. The van der Waals surface area contributed by atoms with E-state index in [-0.39, 0.29) is 6.61 Å². The molecule has 1 aliphatic rings. The molecule has 0 saturated heterocycles. The second-order valence-electron chi connectivity index (χ2n) is 6.19. The predicted octanol–water partition coefficient (Wildman–Crippen LogP) is 3.09. The van der Waals surface area contributed by atoms with Crippen molar-refractivity contribution in [1.82, 2.24) is 0 Å². The summed E-state index contributed by atoms with van der Waals surface area (Å²) in [7, 11) is 3.03. The van der Waals surface area contributed by atoms with Gasteiger partial charge in [0.05, 0.1) is 20.1 Å². The number of amides is 1. The van der Waals surface area contributed by atoms with Crippen LogP contribution in [0.15, 0.2) is 36.4 Å². The summed E-state index contributed by atoms with van der Waals surface area (Å²) in [5, 5.41) is 3.22. The average Bonchev–Trinajstić information content (AvgIpc) is 2.71. The van der Waals surface area contributed by atoms with Crippen molar-refractivity contribution in [3.05, 3.63) is 47.0 Å². The monoisotopic (exact) mass is 405 g/mol. The summed E-state index contributed by atoms with van der Waals surface area (Å²) in [5.41, 5.74) is 1.35. The highest BCUT2D eigenvalue weighted by atomic mass is 35.5. The average molecular weight is 406 g/mol. The Morgan fingerprint density at radius 1 is 1.14 bits per heavy atom. The van der Waals surface area contributed by atoms with Gasteiger partial charge in [0.15, 0.2) is 18.1 Å². The fourth-order valence-electron chi connectivity index (χ4n) is 2.88. The van der Waals surface area contributed by atoms with Gasteiger partial charge in [0, 0.05) is 16.8 Å². The molecule has 0 spiro atoms. The van der Waals surface area contributed by atoms with Crippen LogP contribution in [-0.4, -0.2) is 39.3 Å². The number of carbonyl (C=O) groups is 2. The van der Waals surface area contributed by atoms with Crippen molar-refractivity contribution < 1.29 is 28.5 Å². The first kappa shape index (κ1) is 19.8. The van der Waals surface area contributed by atoms with Crippen molar-refractivity contribution in [1.29, 1.82) is 0 Å². The molecular weight excluding hydrogens is 386 g/mol. The van der Waals surface area contributed by atoms with E-state index in [9.17, 15) is 9.59 Å². The van der Waals surface area contributed by atoms with Crippen LogP contribution in [0.25, 0.3) is 0 Å². The molecule has 1 atom stereocenters. The van der Waals surface area contributed by atoms with E-state index >= 15 is 0 Å². The van der Waals surface area contributed by atoms with E-state index in [1.165, 1.54) is 14.2 Å². The van der Waals surface area contributed by atoms with E-state index in [1.807, 2.05) is 0 Å². The summed E-state index contributed by atoms with van der Waals surface area (Å²) in [4.78, 5) is 24.4. The maximum Gasteiger partial charge on any atom is 0.313 e. The van der Waals surface area contributed by atoms with E-state index < -0.39 is 24.4 Å². The number of nitrogens with one attached hydrogen (secondary N) is 1. The van der Waals surface area contributed by atoms with Crippen LogP contribution in [0.1, 0.15) is 5.56 Å². The molecule has 1 N–H and O–H groups in total. The molecule has 1 heterocycles. The Morgan fingerprint density at radius 2 is 1.93 bits per heavy atom. The summed E-state index contributed by atoms with van der Waals surface area (Å²) >= 11 is 5.98. The Hall–Kier alpha value is -2.93. The summed E-state index contributed by atoms with van der Waals surface area (Å²) in [5.74, 6) is 0.298. The second-order valence-corrected chi connectivity index (χ2v) is 6.63. The summed E-state index contributed by atoms with van der Waals surface area (Å²) < 4.78 is 21.1. The van der Waals surface area contributed by atoms with Gasteiger partial charge in [0.2, 0.25) is 0 Å². The molecule has 7 nitrogen and oxygen atoms in total. The lowest BCUT2D eigenvalue weighted by Crippen LogP contribution is -2.32. The zero-order valence-corrected chi connectivity index (χ0v) is 16.2. The van der Waals surface area contributed by atoms with Crippen LogP contribution in [0.3, 0.4) is 0 Å². The smallest absolute Gasteiger partial charge is 0.313 e. The Morgan fingerprint density at radius 3 is 2.68 bits per heavy atom. The SMILES string of the molecule is COc1ccc(NC(=O)COC(=O)[C@H]2COc3ccc(Cl)cc3C2)cc1OC. The van der Waals surface area contributed by atoms with Crippen molar-refractivity contribution >= 4 is 29.2 Å². The Labute approximate surface area is 167 Å². The summed E-state index contributed by atoms with van der Waals surface area (Å²) in [6, 6.07) is 10.2. The van der Waals surface area contributed by atoms with Crippen LogP contribution in [-0.2, 0) is 20.7 Å². The molecule has 148 valence electrons. The number of hydrogen-bond donors (Lipinski definition) is 1. The molecule has 0 fully saturated rings. The molecule has 2 aromatic rings. The number of methoxy groups -OCH3 is 2. The normalized spacial score (nSPS) is 15.0. The number of carbonyl (C=O) groups excluding carboxylic acids is 2. The van der Waals surface area contributed by atoms with E-state index in [0.29, 0.717) is 34.4 Å². The topological polar surface area (TPSA) is 83.1 Å². The Balaban J connectivity index is 1.53. The Kier molecular flexibility index (Phi) is 6.26. The fourth-order valence-corrected chi connectivity index (χ4v) is 3.07. The number of anilines is 1. The second kappa shape index (κ2) is 8.84. The largest absolute Gasteiger partial charge is 0.493 e. The quantitative estimate of drug-likeness (QED) is 0.743. The van der Waals surface area contributed by atoms with Crippen LogP contribution >= 0.6 is 11.6 Å².